The van der Waals surface area contributed by atoms with Crippen LogP contribution in [0.2, 0.25) is 0 Å². The fourth-order valence-corrected chi connectivity index (χ4v) is 4.56. The van der Waals surface area contributed by atoms with E-state index in [0.717, 1.165) is 41.5 Å². The highest BCUT2D eigenvalue weighted by molar-refractivity contribution is 7.23. The van der Waals surface area contributed by atoms with Crippen molar-refractivity contribution in [3.05, 3.63) is 6.20 Å². The average molecular weight is 319 g/mol. The molecular weight excluding hydrogens is 293 g/mol. The van der Waals surface area contributed by atoms with E-state index in [0.29, 0.717) is 12.1 Å². The Balaban J connectivity index is 1.71. The van der Waals surface area contributed by atoms with Gasteiger partial charge in [-0.1, -0.05) is 19.8 Å². The molecule has 1 aromatic rings. The number of anilines is 1. The molecule has 0 radical (unpaired) electrons. The lowest BCUT2D eigenvalue weighted by Gasteiger charge is -2.39. The molecule has 0 unspecified atom stereocenters. The van der Waals surface area contributed by atoms with Crippen molar-refractivity contribution in [1.82, 2.24) is 9.88 Å². The Bertz CT molecular complexity index is 507. The number of nitrogens with one attached hydrogen (secondary N) is 1. The van der Waals surface area contributed by atoms with Crippen molar-refractivity contribution >= 4 is 35.1 Å². The van der Waals surface area contributed by atoms with Crippen LogP contribution in [0.25, 0.3) is 0 Å². The first-order valence-electron chi connectivity index (χ1n) is 8.65. The van der Waals surface area contributed by atoms with Gasteiger partial charge in [0.25, 0.3) is 0 Å². The van der Waals surface area contributed by atoms with Crippen LogP contribution in [-0.2, 0) is 0 Å². The van der Waals surface area contributed by atoms with E-state index in [1.807, 2.05) is 14.0 Å². The first kappa shape index (κ1) is 15.8. The Labute approximate surface area is 138 Å². The molecular formula is C16H26BN3OS. The number of urea groups is 1. The summed E-state index contributed by atoms with van der Waals surface area (Å²) in [6.07, 6.45) is 11.5. The molecule has 2 aliphatic rings. The zero-order valence-electron chi connectivity index (χ0n) is 13.7. The second kappa shape index (κ2) is 7.03. The summed E-state index contributed by atoms with van der Waals surface area (Å²) in [5, 5.41) is 3.77. The molecule has 4 nitrogen and oxygen atoms in total. The summed E-state index contributed by atoms with van der Waals surface area (Å²) >= 11 is 1.55. The molecule has 0 aromatic carbocycles. The van der Waals surface area contributed by atoms with Gasteiger partial charge in [-0.2, -0.15) is 0 Å². The quantitative estimate of drug-likeness (QED) is 0.871. The van der Waals surface area contributed by atoms with E-state index in [1.165, 1.54) is 25.7 Å². The number of amides is 2. The molecule has 1 N–H and O–H groups in total. The molecule has 0 atom stereocenters. The van der Waals surface area contributed by atoms with Crippen molar-refractivity contribution in [3.63, 3.8) is 0 Å². The maximum absolute atomic E-state index is 12.9. The van der Waals surface area contributed by atoms with Crippen molar-refractivity contribution in [3.8, 4) is 0 Å². The lowest BCUT2D eigenvalue weighted by molar-refractivity contribution is 0.124. The van der Waals surface area contributed by atoms with E-state index in [1.54, 1.807) is 11.3 Å². The highest BCUT2D eigenvalue weighted by Gasteiger charge is 2.34. The van der Waals surface area contributed by atoms with Crippen LogP contribution in [0, 0.1) is 5.92 Å². The van der Waals surface area contributed by atoms with Gasteiger partial charge in [0, 0.05) is 18.3 Å². The summed E-state index contributed by atoms with van der Waals surface area (Å²) < 4.78 is 1.13. The van der Waals surface area contributed by atoms with Crippen LogP contribution in [-0.4, -0.2) is 35.8 Å². The maximum Gasteiger partial charge on any atom is 0.324 e. The Morgan fingerprint density at radius 3 is 2.45 bits per heavy atom. The molecule has 2 aliphatic carbocycles. The molecule has 120 valence electrons. The predicted octanol–water partition coefficient (Wildman–Crippen LogP) is 2.76. The number of aromatic nitrogens is 1. The number of carbonyl (C=O) groups is 1. The minimum absolute atomic E-state index is 0.0702. The maximum atomic E-state index is 12.9. The molecule has 22 heavy (non-hydrogen) atoms. The molecule has 0 saturated heterocycles. The summed E-state index contributed by atoms with van der Waals surface area (Å²) in [6.45, 7) is 2.33. The molecule has 1 heterocycles. The van der Waals surface area contributed by atoms with Crippen LogP contribution in [0.1, 0.15) is 58.3 Å². The summed E-state index contributed by atoms with van der Waals surface area (Å²) in [4.78, 5) is 19.3. The van der Waals surface area contributed by atoms with Gasteiger partial charge >= 0.3 is 6.03 Å². The first-order chi connectivity index (χ1) is 10.6. The molecule has 0 spiro atoms. The largest absolute Gasteiger partial charge is 0.324 e. The number of hydrogen-bond acceptors (Lipinski definition) is 3. The molecule has 2 saturated carbocycles. The normalized spacial score (nSPS) is 26.0. The molecule has 2 fully saturated rings. The van der Waals surface area contributed by atoms with E-state index in [9.17, 15) is 4.79 Å². The van der Waals surface area contributed by atoms with Crippen molar-refractivity contribution in [2.75, 3.05) is 5.32 Å². The minimum atomic E-state index is 0.0702. The fourth-order valence-electron chi connectivity index (χ4n) is 3.90. The Kier molecular flexibility index (Phi) is 5.06. The van der Waals surface area contributed by atoms with Gasteiger partial charge in [0.05, 0.1) is 0 Å². The summed E-state index contributed by atoms with van der Waals surface area (Å²) in [7, 11) is 2.02. The van der Waals surface area contributed by atoms with Gasteiger partial charge in [-0.25, -0.2) is 9.78 Å². The van der Waals surface area contributed by atoms with Crippen LogP contribution in [0.3, 0.4) is 0 Å². The number of nitrogens with zero attached hydrogens (tertiary/aromatic N) is 2. The van der Waals surface area contributed by atoms with Gasteiger partial charge in [0.15, 0.2) is 13.0 Å². The third kappa shape index (κ3) is 3.65. The van der Waals surface area contributed by atoms with Crippen LogP contribution in [0.4, 0.5) is 9.93 Å². The van der Waals surface area contributed by atoms with E-state index >= 15 is 0 Å². The van der Waals surface area contributed by atoms with Crippen molar-refractivity contribution in [2.24, 2.45) is 5.92 Å². The SMILES string of the molecule is Bc1cnc(NC(=O)N(C2CCCC2)C2CCC(C)CC2)s1. The van der Waals surface area contributed by atoms with Crippen LogP contribution >= 0.6 is 11.3 Å². The summed E-state index contributed by atoms with van der Waals surface area (Å²) in [6, 6.07) is 0.917. The van der Waals surface area contributed by atoms with Crippen molar-refractivity contribution < 1.29 is 4.79 Å². The third-order valence-electron chi connectivity index (χ3n) is 5.17. The highest BCUT2D eigenvalue weighted by Crippen LogP contribution is 2.33. The smallest absolute Gasteiger partial charge is 0.319 e. The second-order valence-electron chi connectivity index (χ2n) is 6.97. The molecule has 3 rings (SSSR count). The molecule has 6 heteroatoms. The van der Waals surface area contributed by atoms with Crippen LogP contribution in [0.5, 0.6) is 0 Å². The van der Waals surface area contributed by atoms with E-state index < -0.39 is 0 Å². The van der Waals surface area contributed by atoms with Crippen LogP contribution in [0.15, 0.2) is 6.20 Å². The lowest BCUT2D eigenvalue weighted by atomic mass is 9.86. The average Bonchev–Trinajstić information content (AvgIpc) is 3.14. The van der Waals surface area contributed by atoms with Gasteiger partial charge in [0.2, 0.25) is 0 Å². The standard InChI is InChI=1S/C16H26BN3OS/c1-11-6-8-13(9-7-11)20(12-4-2-3-5-12)16(21)19-15-18-10-14(17)22-15/h10-13H,2-9,17H2,1H3,(H,18,19,21). The molecule has 0 aliphatic heterocycles. The summed E-state index contributed by atoms with van der Waals surface area (Å²) in [5.41, 5.74) is 0. The topological polar surface area (TPSA) is 45.2 Å². The zero-order valence-corrected chi connectivity index (χ0v) is 14.5. The molecule has 0 bridgehead atoms. The number of carbonyl (C=O) groups excluding carboxylic acids is 1. The van der Waals surface area contributed by atoms with Crippen molar-refractivity contribution in [2.45, 2.75) is 70.4 Å². The fraction of sp³-hybridized carbons (Fsp3) is 0.750. The van der Waals surface area contributed by atoms with E-state index in [2.05, 4.69) is 22.1 Å². The Morgan fingerprint density at radius 1 is 1.23 bits per heavy atom. The first-order valence-corrected chi connectivity index (χ1v) is 9.47. The third-order valence-corrected chi connectivity index (χ3v) is 5.99. The molecule has 1 aromatic heterocycles. The summed E-state index contributed by atoms with van der Waals surface area (Å²) in [5.74, 6) is 0.811. The minimum Gasteiger partial charge on any atom is -0.319 e. The van der Waals surface area contributed by atoms with E-state index in [-0.39, 0.29) is 6.03 Å². The van der Waals surface area contributed by atoms with Gasteiger partial charge < -0.3 is 4.90 Å². The van der Waals surface area contributed by atoms with Gasteiger partial charge in [-0.05, 0) is 49.2 Å². The monoisotopic (exact) mass is 319 g/mol. The van der Waals surface area contributed by atoms with Crippen LogP contribution < -0.4 is 10.1 Å². The zero-order chi connectivity index (χ0) is 15.5. The number of rotatable bonds is 3. The van der Waals surface area contributed by atoms with Gasteiger partial charge in [-0.3, -0.25) is 5.32 Å². The molecule has 2 amide bonds. The number of thiazole rings is 1. The Morgan fingerprint density at radius 2 is 1.86 bits per heavy atom. The van der Waals surface area contributed by atoms with Crippen molar-refractivity contribution in [1.29, 1.82) is 0 Å². The second-order valence-corrected chi connectivity index (χ2v) is 8.20. The van der Waals surface area contributed by atoms with Gasteiger partial charge in [-0.15, -0.1) is 11.3 Å². The van der Waals surface area contributed by atoms with E-state index in [4.69, 9.17) is 0 Å². The number of hydrogen-bond donors (Lipinski definition) is 1. The predicted molar refractivity (Wildman–Crippen MR) is 94.8 cm³/mol. The lowest BCUT2D eigenvalue weighted by Crippen LogP contribution is -2.49. The Hall–Kier alpha value is -1.04. The highest BCUT2D eigenvalue weighted by atomic mass is 32.1. The van der Waals surface area contributed by atoms with Gasteiger partial charge in [0.1, 0.15) is 0 Å².